The molecule has 6 rings (SSSR count). The van der Waals surface area contributed by atoms with E-state index in [4.69, 9.17) is 13.9 Å². The molecular weight excluding hydrogens is 570 g/mol. The van der Waals surface area contributed by atoms with Crippen molar-refractivity contribution < 1.29 is 28.3 Å². The quantitative estimate of drug-likeness (QED) is 0.182. The molecular formula is C32H25N3O7S. The Morgan fingerprint density at radius 2 is 1.84 bits per heavy atom. The third-order valence-corrected chi connectivity index (χ3v) is 8.20. The molecule has 216 valence electrons. The highest BCUT2D eigenvalue weighted by Gasteiger charge is 2.37. The molecule has 4 heterocycles. The van der Waals surface area contributed by atoms with Gasteiger partial charge in [-0.05, 0) is 49.7 Å². The lowest BCUT2D eigenvalue weighted by Gasteiger charge is -2.24. The number of allylic oxidation sites excluding steroid dienone is 1. The molecule has 0 bridgehead atoms. The second-order valence-corrected chi connectivity index (χ2v) is 10.6. The minimum absolute atomic E-state index is 0.0310. The number of carbonyl (C=O) groups excluding carboxylic acids is 3. The molecule has 2 aromatic carbocycles. The summed E-state index contributed by atoms with van der Waals surface area (Å²) in [6.45, 7) is 7.56. The van der Waals surface area contributed by atoms with Crippen molar-refractivity contribution in [3.8, 4) is 5.75 Å². The van der Waals surface area contributed by atoms with E-state index in [1.54, 1.807) is 42.2 Å². The Bertz CT molecular complexity index is 2000. The van der Waals surface area contributed by atoms with Gasteiger partial charge < -0.3 is 18.8 Å². The zero-order valence-corrected chi connectivity index (χ0v) is 24.1. The van der Waals surface area contributed by atoms with Gasteiger partial charge in [-0.25, -0.2) is 14.6 Å². The van der Waals surface area contributed by atoms with Gasteiger partial charge in [0.1, 0.15) is 16.9 Å². The topological polar surface area (TPSA) is 120 Å². The molecule has 0 fully saturated rings. The van der Waals surface area contributed by atoms with Crippen LogP contribution in [0.5, 0.6) is 5.75 Å². The first-order valence-electron chi connectivity index (χ1n) is 13.4. The number of aromatic nitrogens is 1. The van der Waals surface area contributed by atoms with Crippen LogP contribution in [0.1, 0.15) is 41.6 Å². The molecule has 0 spiro atoms. The first-order chi connectivity index (χ1) is 20.8. The van der Waals surface area contributed by atoms with Crippen molar-refractivity contribution in [1.29, 1.82) is 0 Å². The number of amides is 1. The number of thiazole rings is 1. The lowest BCUT2D eigenvalue weighted by atomic mass is 9.96. The number of benzene rings is 2. The van der Waals surface area contributed by atoms with Crippen LogP contribution in [-0.4, -0.2) is 35.6 Å². The summed E-state index contributed by atoms with van der Waals surface area (Å²) in [5.41, 5.74) is 2.33. The highest BCUT2D eigenvalue weighted by atomic mass is 32.1. The average Bonchev–Trinajstić information content (AvgIpc) is 3.72. The summed E-state index contributed by atoms with van der Waals surface area (Å²) in [4.78, 5) is 60.0. The monoisotopic (exact) mass is 595 g/mol. The standard InChI is InChI=1S/C32H25N3O7S/c1-4-16-41-31(39)24-18(3)33-32-35(26(24)19-12-14-20(15-13-19)42-30(38)23-11-8-17-40-23)29(37)27(43-32)25-21-9-6-7-10-22(21)34(5-2)28(25)36/h4,6-15,17,26H,1,5,16H2,2-3H3/b27-25-/t26-/m1/s1. The first kappa shape index (κ1) is 27.9. The minimum Gasteiger partial charge on any atom is -0.458 e. The third-order valence-electron chi connectivity index (χ3n) is 7.14. The number of likely N-dealkylation sites (N-methyl/N-ethyl adjacent to an activating group) is 1. The molecule has 1 atom stereocenters. The number of ether oxygens (including phenoxy) is 2. The van der Waals surface area contributed by atoms with E-state index in [1.165, 1.54) is 23.0 Å². The fourth-order valence-corrected chi connectivity index (χ4v) is 6.38. The number of furan rings is 1. The van der Waals surface area contributed by atoms with Crippen molar-refractivity contribution in [1.82, 2.24) is 4.57 Å². The van der Waals surface area contributed by atoms with Gasteiger partial charge in [0.05, 0.1) is 34.8 Å². The number of nitrogens with zero attached hydrogens (tertiary/aromatic N) is 3. The molecule has 1 amide bonds. The first-order valence-corrected chi connectivity index (χ1v) is 14.3. The summed E-state index contributed by atoms with van der Waals surface area (Å²) in [7, 11) is 0. The maximum absolute atomic E-state index is 14.2. The van der Waals surface area contributed by atoms with Crippen LogP contribution in [0.25, 0.3) is 5.57 Å². The minimum atomic E-state index is -0.924. The van der Waals surface area contributed by atoms with Crippen LogP contribution < -0.4 is 24.5 Å². The summed E-state index contributed by atoms with van der Waals surface area (Å²) < 4.78 is 17.5. The lowest BCUT2D eigenvalue weighted by Crippen LogP contribution is -2.41. The maximum Gasteiger partial charge on any atom is 0.379 e. The molecule has 0 unspecified atom stereocenters. The Kier molecular flexibility index (Phi) is 7.24. The van der Waals surface area contributed by atoms with E-state index in [0.29, 0.717) is 33.7 Å². The van der Waals surface area contributed by atoms with Crippen LogP contribution in [0.15, 0.2) is 105 Å². The fraction of sp³-hybridized carbons (Fsp3) is 0.156. The average molecular weight is 596 g/mol. The molecule has 0 N–H and O–H groups in total. The highest BCUT2D eigenvalue weighted by molar-refractivity contribution is 7.07. The van der Waals surface area contributed by atoms with Crippen molar-refractivity contribution in [3.05, 3.63) is 127 Å². The van der Waals surface area contributed by atoms with Crippen LogP contribution in [0.2, 0.25) is 0 Å². The van der Waals surface area contributed by atoms with Gasteiger partial charge in [-0.15, -0.1) is 0 Å². The summed E-state index contributed by atoms with van der Waals surface area (Å²) >= 11 is 1.10. The van der Waals surface area contributed by atoms with Gasteiger partial charge in [0.15, 0.2) is 4.80 Å². The molecule has 10 nitrogen and oxygen atoms in total. The van der Waals surface area contributed by atoms with E-state index in [0.717, 1.165) is 17.0 Å². The second-order valence-electron chi connectivity index (χ2n) is 9.67. The van der Waals surface area contributed by atoms with Crippen molar-refractivity contribution in [2.24, 2.45) is 4.99 Å². The molecule has 0 saturated carbocycles. The number of anilines is 1. The predicted octanol–water partition coefficient (Wildman–Crippen LogP) is 3.51. The summed E-state index contributed by atoms with van der Waals surface area (Å²) in [6, 6.07) is 15.9. The van der Waals surface area contributed by atoms with Crippen LogP contribution >= 0.6 is 11.3 Å². The lowest BCUT2D eigenvalue weighted by molar-refractivity contribution is -0.138. The van der Waals surface area contributed by atoms with E-state index in [9.17, 15) is 19.2 Å². The Hall–Kier alpha value is -5.29. The van der Waals surface area contributed by atoms with Gasteiger partial charge in [-0.1, -0.05) is 54.3 Å². The summed E-state index contributed by atoms with van der Waals surface area (Å²) in [6.07, 6.45) is 2.82. The normalized spacial score (nSPS) is 16.8. The predicted molar refractivity (Wildman–Crippen MR) is 158 cm³/mol. The SMILES string of the molecule is C=CCOC(=O)C1=C(C)N=c2s/c(=C3\C(=O)N(CC)c4ccccc43)c(=O)n2[C@@H]1c1ccc(OC(=O)c2ccco2)cc1. The van der Waals surface area contributed by atoms with Crippen LogP contribution in [0, 0.1) is 0 Å². The Labute approximate surface area is 249 Å². The molecule has 11 heteroatoms. The van der Waals surface area contributed by atoms with E-state index in [2.05, 4.69) is 11.6 Å². The zero-order chi connectivity index (χ0) is 30.2. The van der Waals surface area contributed by atoms with Crippen molar-refractivity contribution in [2.75, 3.05) is 18.1 Å². The smallest absolute Gasteiger partial charge is 0.379 e. The van der Waals surface area contributed by atoms with Crippen molar-refractivity contribution >= 4 is 40.4 Å². The third kappa shape index (κ3) is 4.73. The number of carbonyl (C=O) groups is 3. The van der Waals surface area contributed by atoms with Gasteiger partial charge in [0.25, 0.3) is 11.5 Å². The number of esters is 2. The molecule has 2 aromatic heterocycles. The number of fused-ring (bicyclic) bond motifs is 2. The number of hydrogen-bond acceptors (Lipinski definition) is 9. The van der Waals surface area contributed by atoms with Gasteiger partial charge in [-0.3, -0.25) is 14.2 Å². The molecule has 2 aliphatic rings. The molecule has 43 heavy (non-hydrogen) atoms. The van der Waals surface area contributed by atoms with E-state index < -0.39 is 23.5 Å². The fourth-order valence-electron chi connectivity index (χ4n) is 5.24. The number of rotatable bonds is 7. The maximum atomic E-state index is 14.2. The molecule has 0 aliphatic carbocycles. The summed E-state index contributed by atoms with van der Waals surface area (Å²) in [5.74, 6) is -1.30. The van der Waals surface area contributed by atoms with E-state index in [1.807, 2.05) is 31.2 Å². The molecule has 0 saturated heterocycles. The summed E-state index contributed by atoms with van der Waals surface area (Å²) in [5, 5.41) is 0. The Morgan fingerprint density at radius 3 is 2.53 bits per heavy atom. The van der Waals surface area contributed by atoms with E-state index >= 15 is 0 Å². The molecule has 2 aliphatic heterocycles. The van der Waals surface area contributed by atoms with Crippen LogP contribution in [-0.2, 0) is 14.3 Å². The van der Waals surface area contributed by atoms with Crippen molar-refractivity contribution in [2.45, 2.75) is 19.9 Å². The molecule has 4 aromatic rings. The van der Waals surface area contributed by atoms with Crippen molar-refractivity contribution in [3.63, 3.8) is 0 Å². The Morgan fingerprint density at radius 1 is 1.07 bits per heavy atom. The number of hydrogen-bond donors (Lipinski definition) is 0. The van der Waals surface area contributed by atoms with Gasteiger partial charge in [-0.2, -0.15) is 0 Å². The zero-order valence-electron chi connectivity index (χ0n) is 23.2. The molecule has 0 radical (unpaired) electrons. The largest absolute Gasteiger partial charge is 0.458 e. The van der Waals surface area contributed by atoms with Gasteiger partial charge in [0, 0.05) is 12.1 Å². The van der Waals surface area contributed by atoms with Gasteiger partial charge in [0.2, 0.25) is 5.76 Å². The number of para-hydroxylation sites is 1. The van der Waals surface area contributed by atoms with Crippen LogP contribution in [0.3, 0.4) is 0 Å². The van der Waals surface area contributed by atoms with E-state index in [-0.39, 0.29) is 34.1 Å². The second kappa shape index (κ2) is 11.2. The Balaban J connectivity index is 1.50. The highest BCUT2D eigenvalue weighted by Crippen LogP contribution is 2.35. The van der Waals surface area contributed by atoms with Gasteiger partial charge >= 0.3 is 11.9 Å². The van der Waals surface area contributed by atoms with Crippen LogP contribution in [0.4, 0.5) is 5.69 Å².